The molecule has 2 nitrogen and oxygen atoms in total. The predicted octanol–water partition coefficient (Wildman–Crippen LogP) is 3.75. The number of hydrogen-bond donors (Lipinski definition) is 0. The predicted molar refractivity (Wildman–Crippen MR) is 86.0 cm³/mol. The zero-order valence-corrected chi connectivity index (χ0v) is 12.6. The minimum absolute atomic E-state index is 0.775. The van der Waals surface area contributed by atoms with Crippen LogP contribution in [0, 0.1) is 0 Å². The van der Waals surface area contributed by atoms with Gasteiger partial charge in [0, 0.05) is 30.2 Å². The number of rotatable bonds is 3. The molecule has 3 heteroatoms. The van der Waals surface area contributed by atoms with E-state index in [1.54, 1.807) is 0 Å². The Kier molecular flexibility index (Phi) is 4.37. The lowest BCUT2D eigenvalue weighted by molar-refractivity contribution is 0.112. The number of carbonyl (C=O) groups is 1. The Morgan fingerprint density at radius 3 is 2.62 bits per heavy atom. The molecule has 0 amide bonds. The van der Waals surface area contributed by atoms with E-state index in [0.717, 1.165) is 49.3 Å². The monoisotopic (exact) mass is 299 g/mol. The van der Waals surface area contributed by atoms with Crippen molar-refractivity contribution in [2.75, 3.05) is 13.1 Å². The average Bonchev–Trinajstić information content (AvgIpc) is 2.69. The van der Waals surface area contributed by atoms with E-state index < -0.39 is 0 Å². The van der Waals surface area contributed by atoms with Crippen LogP contribution in [0.4, 0.5) is 0 Å². The lowest BCUT2D eigenvalue weighted by Crippen LogP contribution is -2.25. The van der Waals surface area contributed by atoms with Gasteiger partial charge in [-0.1, -0.05) is 35.9 Å². The van der Waals surface area contributed by atoms with Gasteiger partial charge < -0.3 is 0 Å². The highest BCUT2D eigenvalue weighted by atomic mass is 35.5. The van der Waals surface area contributed by atoms with E-state index in [0.29, 0.717) is 0 Å². The first-order chi connectivity index (χ1) is 10.2. The topological polar surface area (TPSA) is 20.3 Å². The van der Waals surface area contributed by atoms with E-state index in [4.69, 9.17) is 11.6 Å². The first-order valence-electron chi connectivity index (χ1n) is 7.28. The minimum Gasteiger partial charge on any atom is -0.298 e. The highest BCUT2D eigenvalue weighted by Gasteiger charge is 2.14. The van der Waals surface area contributed by atoms with Gasteiger partial charge in [0.2, 0.25) is 0 Å². The van der Waals surface area contributed by atoms with Crippen LogP contribution in [0.2, 0.25) is 5.02 Å². The highest BCUT2D eigenvalue weighted by molar-refractivity contribution is 6.30. The van der Waals surface area contributed by atoms with Gasteiger partial charge in [-0.3, -0.25) is 9.69 Å². The van der Waals surface area contributed by atoms with Gasteiger partial charge in [0.1, 0.15) is 6.29 Å². The molecule has 2 aromatic rings. The highest BCUT2D eigenvalue weighted by Crippen LogP contribution is 2.19. The Morgan fingerprint density at radius 2 is 1.86 bits per heavy atom. The number of nitrogens with zero attached hydrogens (tertiary/aromatic N) is 1. The van der Waals surface area contributed by atoms with Crippen molar-refractivity contribution in [2.45, 2.75) is 19.4 Å². The standard InChI is InChI=1S/C18H18ClNO/c19-18-3-1-2-14(11-18)12-20-8-6-16-5-4-15(13-21)10-17(16)7-9-20/h1-5,10-11,13H,6-9,12H2. The van der Waals surface area contributed by atoms with Crippen LogP contribution in [0.5, 0.6) is 0 Å². The number of fused-ring (bicyclic) bond motifs is 1. The van der Waals surface area contributed by atoms with Crippen molar-refractivity contribution in [3.05, 3.63) is 69.7 Å². The molecule has 0 atom stereocenters. The Balaban J connectivity index is 1.71. The summed E-state index contributed by atoms with van der Waals surface area (Å²) in [5.41, 5.74) is 4.71. The minimum atomic E-state index is 0.775. The van der Waals surface area contributed by atoms with Gasteiger partial charge in [0.15, 0.2) is 0 Å². The second-order valence-corrected chi connectivity index (χ2v) is 5.99. The molecule has 0 aromatic heterocycles. The molecule has 0 saturated carbocycles. The largest absolute Gasteiger partial charge is 0.298 e. The van der Waals surface area contributed by atoms with Gasteiger partial charge in [0.05, 0.1) is 0 Å². The maximum absolute atomic E-state index is 10.9. The number of aldehydes is 1. The Hall–Kier alpha value is -1.64. The lowest BCUT2D eigenvalue weighted by atomic mass is 10.0. The molecule has 0 unspecified atom stereocenters. The summed E-state index contributed by atoms with van der Waals surface area (Å²) < 4.78 is 0. The van der Waals surface area contributed by atoms with Crippen molar-refractivity contribution in [1.29, 1.82) is 0 Å². The van der Waals surface area contributed by atoms with E-state index in [-0.39, 0.29) is 0 Å². The van der Waals surface area contributed by atoms with Gasteiger partial charge in [-0.25, -0.2) is 0 Å². The normalized spacial score (nSPS) is 15.3. The third-order valence-electron chi connectivity index (χ3n) is 4.06. The molecule has 0 bridgehead atoms. The molecule has 3 rings (SSSR count). The number of carbonyl (C=O) groups excluding carboxylic acids is 1. The molecule has 2 aromatic carbocycles. The van der Waals surface area contributed by atoms with E-state index in [1.165, 1.54) is 16.7 Å². The molecule has 108 valence electrons. The van der Waals surface area contributed by atoms with Gasteiger partial charge >= 0.3 is 0 Å². The quantitative estimate of drug-likeness (QED) is 0.805. The molecule has 1 heterocycles. The summed E-state index contributed by atoms with van der Waals surface area (Å²) in [5.74, 6) is 0. The fourth-order valence-corrected chi connectivity index (χ4v) is 3.13. The molecular formula is C18H18ClNO. The van der Waals surface area contributed by atoms with Crippen LogP contribution in [0.3, 0.4) is 0 Å². The first kappa shape index (κ1) is 14.3. The van der Waals surface area contributed by atoms with E-state index >= 15 is 0 Å². The summed E-state index contributed by atoms with van der Waals surface area (Å²) in [5, 5.41) is 0.793. The maximum Gasteiger partial charge on any atom is 0.150 e. The molecule has 1 aliphatic rings. The third-order valence-corrected chi connectivity index (χ3v) is 4.29. The Labute approximate surface area is 130 Å². The summed E-state index contributed by atoms with van der Waals surface area (Å²) in [6, 6.07) is 14.1. The summed E-state index contributed by atoms with van der Waals surface area (Å²) in [4.78, 5) is 13.3. The summed E-state index contributed by atoms with van der Waals surface area (Å²) in [6.45, 7) is 2.98. The van der Waals surface area contributed by atoms with Crippen LogP contribution >= 0.6 is 11.6 Å². The molecule has 0 aliphatic carbocycles. The summed E-state index contributed by atoms with van der Waals surface area (Å²) in [6.07, 6.45) is 2.96. The van der Waals surface area contributed by atoms with Crippen LogP contribution < -0.4 is 0 Å². The van der Waals surface area contributed by atoms with Crippen LogP contribution in [-0.2, 0) is 19.4 Å². The zero-order chi connectivity index (χ0) is 14.7. The fourth-order valence-electron chi connectivity index (χ4n) is 2.92. The molecule has 0 fully saturated rings. The van der Waals surface area contributed by atoms with Gasteiger partial charge in [0.25, 0.3) is 0 Å². The number of hydrogen-bond acceptors (Lipinski definition) is 2. The zero-order valence-electron chi connectivity index (χ0n) is 11.9. The molecule has 0 saturated heterocycles. The molecule has 1 aliphatic heterocycles. The van der Waals surface area contributed by atoms with Gasteiger partial charge in [-0.05, 0) is 47.7 Å². The molecule has 21 heavy (non-hydrogen) atoms. The Morgan fingerprint density at radius 1 is 1.05 bits per heavy atom. The van der Waals surface area contributed by atoms with Crippen molar-refractivity contribution in [1.82, 2.24) is 4.90 Å². The van der Waals surface area contributed by atoms with Crippen LogP contribution in [0.25, 0.3) is 0 Å². The van der Waals surface area contributed by atoms with Crippen LogP contribution in [-0.4, -0.2) is 24.3 Å². The Bertz CT molecular complexity index is 653. The van der Waals surface area contributed by atoms with Crippen LogP contribution in [0.15, 0.2) is 42.5 Å². The number of halogens is 1. The SMILES string of the molecule is O=Cc1ccc2c(c1)CCN(Cc1cccc(Cl)c1)CC2. The van der Waals surface area contributed by atoms with Gasteiger partial charge in [-0.2, -0.15) is 0 Å². The van der Waals surface area contributed by atoms with Crippen molar-refractivity contribution in [2.24, 2.45) is 0 Å². The molecular weight excluding hydrogens is 282 g/mol. The van der Waals surface area contributed by atoms with E-state index in [1.807, 2.05) is 30.3 Å². The smallest absolute Gasteiger partial charge is 0.150 e. The van der Waals surface area contributed by atoms with Crippen molar-refractivity contribution in [3.63, 3.8) is 0 Å². The summed E-state index contributed by atoms with van der Waals surface area (Å²) in [7, 11) is 0. The van der Waals surface area contributed by atoms with E-state index in [2.05, 4.69) is 17.0 Å². The average molecular weight is 300 g/mol. The van der Waals surface area contributed by atoms with Gasteiger partial charge in [-0.15, -0.1) is 0 Å². The number of benzene rings is 2. The fraction of sp³-hybridized carbons (Fsp3) is 0.278. The molecule has 0 radical (unpaired) electrons. The second kappa shape index (κ2) is 6.42. The third kappa shape index (κ3) is 3.52. The van der Waals surface area contributed by atoms with Crippen molar-refractivity contribution >= 4 is 17.9 Å². The van der Waals surface area contributed by atoms with Crippen LogP contribution in [0.1, 0.15) is 27.0 Å². The summed E-state index contributed by atoms with van der Waals surface area (Å²) >= 11 is 6.05. The molecule has 0 spiro atoms. The van der Waals surface area contributed by atoms with Crippen molar-refractivity contribution < 1.29 is 4.79 Å². The second-order valence-electron chi connectivity index (χ2n) is 5.55. The first-order valence-corrected chi connectivity index (χ1v) is 7.66. The van der Waals surface area contributed by atoms with Crippen molar-refractivity contribution in [3.8, 4) is 0 Å². The molecule has 0 N–H and O–H groups in total. The maximum atomic E-state index is 10.9. The lowest BCUT2D eigenvalue weighted by Gasteiger charge is -2.19. The van der Waals surface area contributed by atoms with E-state index in [9.17, 15) is 4.79 Å².